The fourth-order valence-electron chi connectivity index (χ4n) is 13.8. The van der Waals surface area contributed by atoms with Gasteiger partial charge in [0.05, 0.1) is 37.6 Å². The van der Waals surface area contributed by atoms with Crippen molar-refractivity contribution in [1.29, 1.82) is 0 Å². The zero-order valence-electron chi connectivity index (χ0n) is 44.4. The van der Waals surface area contributed by atoms with Crippen molar-refractivity contribution in [3.05, 3.63) is 0 Å². The first kappa shape index (κ1) is 55.2. The molecular formula is C52H86N6O14. The third-order valence-electron chi connectivity index (χ3n) is 17.8. The summed E-state index contributed by atoms with van der Waals surface area (Å²) in [6.07, 6.45) is 6.05. The van der Waals surface area contributed by atoms with Gasteiger partial charge in [-0.2, -0.15) is 0 Å². The lowest BCUT2D eigenvalue weighted by Crippen LogP contribution is -2.70. The fourth-order valence-corrected chi connectivity index (χ4v) is 13.8. The lowest BCUT2D eigenvalue weighted by atomic mass is 9.57. The predicted molar refractivity (Wildman–Crippen MR) is 259 cm³/mol. The zero-order valence-corrected chi connectivity index (χ0v) is 44.4. The summed E-state index contributed by atoms with van der Waals surface area (Å²) in [6, 6.07) is -0.746. The molecule has 10 rings (SSSR count). The van der Waals surface area contributed by atoms with E-state index in [0.29, 0.717) is 44.1 Å². The molecular weight excluding hydrogens is 933 g/mol. The van der Waals surface area contributed by atoms with Gasteiger partial charge in [0.15, 0.2) is 23.8 Å². The van der Waals surface area contributed by atoms with Gasteiger partial charge in [0.2, 0.25) is 35.2 Å². The van der Waals surface area contributed by atoms with Gasteiger partial charge in [-0.25, -0.2) is 19.6 Å². The number of hydrogen-bond donors (Lipinski definition) is 4. The number of ether oxygens (including phenoxy) is 5. The Morgan fingerprint density at radius 2 is 1.15 bits per heavy atom. The number of nitrogens with zero attached hydrogens (tertiary/aromatic N) is 2. The molecule has 0 radical (unpaired) electrons. The minimum atomic E-state index is -0.982. The molecule has 2 spiro atoms. The minimum absolute atomic E-state index is 0.00121. The number of nitrogens with two attached hydrogens (primary N) is 2. The lowest BCUT2D eigenvalue weighted by Gasteiger charge is -2.60. The summed E-state index contributed by atoms with van der Waals surface area (Å²) < 4.78 is 32.2. The molecule has 4 bridgehead atoms. The van der Waals surface area contributed by atoms with E-state index >= 15 is 0 Å². The normalized spacial score (nSPS) is 40.1. The number of carbonyl (C=O) groups excluding carboxylic acids is 5. The van der Waals surface area contributed by atoms with Crippen LogP contribution in [-0.2, 0) is 67.2 Å². The molecule has 8 heterocycles. The second kappa shape index (κ2) is 21.9. The first-order valence-corrected chi connectivity index (χ1v) is 27.2. The van der Waals surface area contributed by atoms with Gasteiger partial charge < -0.3 is 55.6 Å². The summed E-state index contributed by atoms with van der Waals surface area (Å²) in [5, 5.41) is 5.72. The van der Waals surface area contributed by atoms with Crippen molar-refractivity contribution >= 4 is 29.6 Å². The van der Waals surface area contributed by atoms with Gasteiger partial charge in [-0.15, -0.1) is 0 Å². The number of unbranched alkanes of at least 4 members (excludes halogenated alkanes) is 1. The maximum absolute atomic E-state index is 14.5. The van der Waals surface area contributed by atoms with Crippen molar-refractivity contribution < 1.29 is 67.2 Å². The molecule has 0 aromatic heterocycles. The molecule has 408 valence electrons. The second-order valence-corrected chi connectivity index (χ2v) is 24.0. The zero-order chi connectivity index (χ0) is 52.0. The first-order valence-electron chi connectivity index (χ1n) is 27.2. The number of rotatable bonds is 19. The summed E-state index contributed by atoms with van der Waals surface area (Å²) in [6.45, 7) is 17.5. The van der Waals surface area contributed by atoms with Crippen LogP contribution in [-0.4, -0.2) is 144 Å². The summed E-state index contributed by atoms with van der Waals surface area (Å²) in [4.78, 5) is 96.6. The van der Waals surface area contributed by atoms with Gasteiger partial charge in [0.1, 0.15) is 12.1 Å². The Hall–Kier alpha value is -3.05. The van der Waals surface area contributed by atoms with Crippen LogP contribution in [0.2, 0.25) is 0 Å². The summed E-state index contributed by atoms with van der Waals surface area (Å²) in [5.74, 6) is -3.23. The number of carbonyl (C=O) groups is 5. The fraction of sp³-hybridized carbons (Fsp3) is 0.904. The van der Waals surface area contributed by atoms with E-state index in [4.69, 9.17) is 54.7 Å². The number of fused-ring (bicyclic) bond motifs is 4. The highest BCUT2D eigenvalue weighted by atomic mass is 17.3. The maximum Gasteiger partial charge on any atom is 0.326 e. The van der Waals surface area contributed by atoms with Gasteiger partial charge >= 0.3 is 5.97 Å². The Morgan fingerprint density at radius 3 is 1.64 bits per heavy atom. The lowest BCUT2D eigenvalue weighted by molar-refractivity contribution is -0.571. The van der Waals surface area contributed by atoms with Crippen molar-refractivity contribution in [1.82, 2.24) is 20.4 Å². The van der Waals surface area contributed by atoms with Gasteiger partial charge in [0.25, 0.3) is 0 Å². The maximum atomic E-state index is 14.5. The van der Waals surface area contributed by atoms with Crippen molar-refractivity contribution in [2.24, 2.45) is 58.8 Å². The Balaban J connectivity index is 0.933. The van der Waals surface area contributed by atoms with Gasteiger partial charge in [0, 0.05) is 50.9 Å². The highest BCUT2D eigenvalue weighted by Gasteiger charge is 2.71. The van der Waals surface area contributed by atoms with Gasteiger partial charge in [-0.05, 0) is 128 Å². The van der Waals surface area contributed by atoms with Crippen LogP contribution >= 0.6 is 0 Å². The molecule has 2 saturated carbocycles. The highest BCUT2D eigenvalue weighted by Crippen LogP contribution is 2.62. The standard InChI is InChI=1S/C52H86N6O14/c1-30-13-15-36-32(3)39(64-46-51(36)34(30)17-19-49(8,67-46)69-71-51)26-42(60)57(25-23-56-45(63)38(54)12-10-11-21-53)28-41(59)55-22-24-58(29-44(62)66-48(5,6)7)43(61)27-40-33(4)37-16-14-31(2)35-18-20-50(9)68-47(65-40)52(35,37)72-70-50/h30-40,46-47H,10-29,53-54H2,1-9H3,(H,55,59)(H,56,63)/t30-,31-,32-,33-,34+,35+,36+,37+,38+,39-,40-,46-,47-,49-,50-,51-,52-/m1/s1. The van der Waals surface area contributed by atoms with E-state index in [1.54, 1.807) is 20.8 Å². The van der Waals surface area contributed by atoms with Crippen LogP contribution in [0.15, 0.2) is 0 Å². The third kappa shape index (κ3) is 11.2. The quantitative estimate of drug-likeness (QED) is 0.0812. The Morgan fingerprint density at radius 1 is 0.667 bits per heavy atom. The van der Waals surface area contributed by atoms with E-state index in [0.717, 1.165) is 44.9 Å². The van der Waals surface area contributed by atoms with E-state index in [9.17, 15) is 24.0 Å². The molecule has 6 N–H and O–H groups in total. The third-order valence-corrected chi connectivity index (χ3v) is 17.8. The molecule has 10 fully saturated rings. The summed E-state index contributed by atoms with van der Waals surface area (Å²) in [5.41, 5.74) is 9.42. The van der Waals surface area contributed by atoms with Crippen molar-refractivity contribution in [3.63, 3.8) is 0 Å². The largest absolute Gasteiger partial charge is 0.459 e. The molecule has 8 saturated heterocycles. The topological polar surface area (TPSA) is 251 Å². The van der Waals surface area contributed by atoms with Crippen LogP contribution in [0.1, 0.15) is 146 Å². The number of amides is 4. The van der Waals surface area contributed by atoms with Crippen LogP contribution in [0, 0.1) is 47.3 Å². The molecule has 20 heteroatoms. The first-order chi connectivity index (χ1) is 34.0. The average molecular weight is 1020 g/mol. The van der Waals surface area contributed by atoms with Gasteiger partial charge in [-0.1, -0.05) is 34.1 Å². The molecule has 20 nitrogen and oxygen atoms in total. The highest BCUT2D eigenvalue weighted by molar-refractivity contribution is 5.86. The monoisotopic (exact) mass is 1020 g/mol. The molecule has 72 heavy (non-hydrogen) atoms. The van der Waals surface area contributed by atoms with E-state index < -0.39 is 71.1 Å². The minimum Gasteiger partial charge on any atom is -0.459 e. The molecule has 0 aromatic carbocycles. The summed E-state index contributed by atoms with van der Waals surface area (Å²) >= 11 is 0. The summed E-state index contributed by atoms with van der Waals surface area (Å²) in [7, 11) is 0. The Bertz CT molecular complexity index is 1980. The van der Waals surface area contributed by atoms with E-state index in [-0.39, 0.29) is 105 Å². The van der Waals surface area contributed by atoms with Crippen molar-refractivity contribution in [3.8, 4) is 0 Å². The Kier molecular flexibility index (Phi) is 16.8. The smallest absolute Gasteiger partial charge is 0.326 e. The molecule has 2 aliphatic carbocycles. The SMILES string of the molecule is C[C@H]1[C@@H](CC(=O)N(CCNC(=O)[C@@H](N)CCCCN)CC(=O)NCCN(CC(=O)OC(C)(C)C)C(=O)C[C@H]2O[C@@H]3O[C@@]4(C)CC[C@H]5[C@H](C)CC[C@@H]([C@H]2C)[C@@]35OO4)O[C@@H]2O[C@@]3(C)CC[C@H]4[C@H](C)CC[C@@H]1[C@@]24OO3. The molecule has 0 unspecified atom stereocenters. The van der Waals surface area contributed by atoms with Crippen LogP contribution in [0.3, 0.4) is 0 Å². The Labute approximate surface area is 425 Å². The van der Waals surface area contributed by atoms with Crippen LogP contribution in [0.25, 0.3) is 0 Å². The van der Waals surface area contributed by atoms with E-state index in [2.05, 4.69) is 38.3 Å². The average Bonchev–Trinajstić information content (AvgIpc) is 3.69. The number of esters is 1. The predicted octanol–water partition coefficient (Wildman–Crippen LogP) is 3.96. The van der Waals surface area contributed by atoms with E-state index in [1.807, 2.05) is 13.8 Å². The number of nitrogens with one attached hydrogen (secondary N) is 2. The van der Waals surface area contributed by atoms with Crippen LogP contribution in [0.4, 0.5) is 0 Å². The number of hydrogen-bond acceptors (Lipinski definition) is 16. The molecule has 17 atom stereocenters. The molecule has 4 amide bonds. The van der Waals surface area contributed by atoms with Crippen molar-refractivity contribution in [2.75, 3.05) is 45.8 Å². The van der Waals surface area contributed by atoms with Gasteiger partial charge in [-0.3, -0.25) is 24.0 Å². The molecule has 8 aliphatic heterocycles. The van der Waals surface area contributed by atoms with Crippen molar-refractivity contribution in [2.45, 2.75) is 205 Å². The second-order valence-electron chi connectivity index (χ2n) is 24.0. The molecule has 0 aromatic rings. The van der Waals surface area contributed by atoms with Crippen LogP contribution < -0.4 is 22.1 Å². The molecule has 10 aliphatic rings. The van der Waals surface area contributed by atoms with Crippen LogP contribution in [0.5, 0.6) is 0 Å². The van der Waals surface area contributed by atoms with E-state index in [1.165, 1.54) is 9.80 Å².